The van der Waals surface area contributed by atoms with Crippen LogP contribution in [0.5, 0.6) is 0 Å². The van der Waals surface area contributed by atoms with Gasteiger partial charge in [-0.15, -0.1) is 0 Å². The number of para-hydroxylation sites is 1. The van der Waals surface area contributed by atoms with Crippen molar-refractivity contribution in [3.63, 3.8) is 0 Å². The van der Waals surface area contributed by atoms with Crippen LogP contribution in [-0.4, -0.2) is 4.57 Å². The Morgan fingerprint density at radius 3 is 1.93 bits per heavy atom. The number of hydrogen-bond acceptors (Lipinski definition) is 1. The summed E-state index contributed by atoms with van der Waals surface area (Å²) in [6.07, 6.45) is 25.8. The van der Waals surface area contributed by atoms with Crippen molar-refractivity contribution in [2.24, 2.45) is 0 Å². The Morgan fingerprint density at radius 2 is 1.13 bits per heavy atom. The highest BCUT2D eigenvalue weighted by molar-refractivity contribution is 6.14. The lowest BCUT2D eigenvalue weighted by Gasteiger charge is -2.29. The topological polar surface area (TPSA) is 8.17 Å². The molecule has 0 spiro atoms. The Kier molecular flexibility index (Phi) is 11.3. The van der Waals surface area contributed by atoms with Gasteiger partial charge in [0.25, 0.3) is 0 Å². The molecular formula is C67H52N2. The fourth-order valence-corrected chi connectivity index (χ4v) is 10.7. The molecule has 8 aromatic carbocycles. The molecule has 0 radical (unpaired) electrons. The minimum Gasteiger partial charge on any atom is -0.314 e. The van der Waals surface area contributed by atoms with E-state index in [1.807, 2.05) is 0 Å². The van der Waals surface area contributed by atoms with E-state index in [1.165, 1.54) is 100.0 Å². The van der Waals surface area contributed by atoms with Gasteiger partial charge in [-0.05, 0) is 158 Å². The van der Waals surface area contributed by atoms with Crippen LogP contribution in [0.2, 0.25) is 0 Å². The molecule has 3 aliphatic rings. The molecule has 0 saturated carbocycles. The smallest absolute Gasteiger partial charge is 0.0547 e. The van der Waals surface area contributed by atoms with E-state index < -0.39 is 0 Å². The van der Waals surface area contributed by atoms with Gasteiger partial charge in [-0.25, -0.2) is 0 Å². The van der Waals surface area contributed by atoms with Gasteiger partial charge in [-0.3, -0.25) is 0 Å². The van der Waals surface area contributed by atoms with Crippen LogP contribution in [0.4, 0.5) is 5.69 Å². The summed E-state index contributed by atoms with van der Waals surface area (Å²) in [4.78, 5) is 2.52. The third-order valence-corrected chi connectivity index (χ3v) is 14.0. The summed E-state index contributed by atoms with van der Waals surface area (Å²) >= 11 is 0. The van der Waals surface area contributed by atoms with Crippen LogP contribution in [0.1, 0.15) is 47.2 Å². The molecule has 0 bridgehead atoms. The number of hydrogen-bond donors (Lipinski definition) is 0. The second kappa shape index (κ2) is 18.7. The quantitative estimate of drug-likeness (QED) is 0.131. The Morgan fingerprint density at radius 1 is 0.464 bits per heavy atom. The second-order valence-corrected chi connectivity index (χ2v) is 18.2. The Balaban J connectivity index is 1.06. The first-order chi connectivity index (χ1) is 34.2. The molecule has 0 atom stereocenters. The lowest BCUT2D eigenvalue weighted by Crippen LogP contribution is -2.21. The Bertz CT molecular complexity index is 3600. The molecule has 0 fully saturated rings. The maximum Gasteiger partial charge on any atom is 0.0547 e. The van der Waals surface area contributed by atoms with Crippen molar-refractivity contribution in [1.82, 2.24) is 4.57 Å². The highest BCUT2D eigenvalue weighted by Crippen LogP contribution is 2.45. The van der Waals surface area contributed by atoms with E-state index in [9.17, 15) is 0 Å². The molecule has 2 nitrogen and oxygen atoms in total. The van der Waals surface area contributed by atoms with Crippen molar-refractivity contribution in [3.8, 4) is 27.9 Å². The zero-order valence-corrected chi connectivity index (χ0v) is 38.7. The molecule has 69 heavy (non-hydrogen) atoms. The zero-order valence-electron chi connectivity index (χ0n) is 38.7. The molecule has 3 aliphatic carbocycles. The summed E-state index contributed by atoms with van der Waals surface area (Å²) in [5.74, 6) is 0. The summed E-state index contributed by atoms with van der Waals surface area (Å²) in [6, 6.07) is 73.1. The van der Waals surface area contributed by atoms with Crippen molar-refractivity contribution >= 4 is 44.1 Å². The standard InChI is InChI=1S/C67H52N2/c1-6-21-48(22-7-1)52-29-18-30-53(43-52)51-28-19-34-59(41-39-51)68(61-42-40-54(49-23-8-2-9-24-49)44-57(46-61)50-25-10-3-11-26-50)60-35-20-31-56(45-60)66-62-36-17-16-27-55(62)47-65-67(66)63-37-14-5-15-38-64(63)69(65)58-32-12-4-13-33-58/h1-14,16-27,29-36,39-41,43-47H,15,28,37-38,42H2. The van der Waals surface area contributed by atoms with Crippen LogP contribution >= 0.6 is 0 Å². The number of fused-ring (bicyclic) bond motifs is 4. The lowest BCUT2D eigenvalue weighted by molar-refractivity contribution is 0.896. The molecule has 12 rings (SSSR count). The maximum atomic E-state index is 2.55. The molecule has 0 amide bonds. The fourth-order valence-electron chi connectivity index (χ4n) is 10.7. The Labute approximate surface area is 405 Å². The molecule has 9 aromatic rings. The molecule has 0 aliphatic heterocycles. The average Bonchev–Trinajstić information content (AvgIpc) is 3.75. The van der Waals surface area contributed by atoms with Gasteiger partial charge in [-0.2, -0.15) is 0 Å². The summed E-state index contributed by atoms with van der Waals surface area (Å²) in [5, 5.41) is 3.86. The predicted molar refractivity (Wildman–Crippen MR) is 293 cm³/mol. The van der Waals surface area contributed by atoms with Crippen LogP contribution < -0.4 is 4.90 Å². The first-order valence-corrected chi connectivity index (χ1v) is 24.4. The third kappa shape index (κ3) is 8.25. The van der Waals surface area contributed by atoms with Crippen molar-refractivity contribution in [2.45, 2.75) is 32.1 Å². The monoisotopic (exact) mass is 884 g/mol. The van der Waals surface area contributed by atoms with E-state index in [4.69, 9.17) is 0 Å². The number of allylic oxidation sites excluding steroid dienone is 12. The van der Waals surface area contributed by atoms with Crippen molar-refractivity contribution in [1.29, 1.82) is 0 Å². The minimum atomic E-state index is 0.737. The van der Waals surface area contributed by atoms with Crippen molar-refractivity contribution in [3.05, 3.63) is 294 Å². The SMILES string of the molecule is C1=CCc2c(n(-c3ccccc3)c3cc4ccccc4c(-c4cccc(N(C5=CC=C(c6cccc(-c7ccccc7)c6)CC=C5)C5=CC(c6ccccc6)=CC(c6ccccc6)=CC5)c4)c23)CC1. The van der Waals surface area contributed by atoms with Crippen LogP contribution in [-0.2, 0) is 12.8 Å². The average molecular weight is 885 g/mol. The number of rotatable bonds is 9. The van der Waals surface area contributed by atoms with Gasteiger partial charge in [0, 0.05) is 40.3 Å². The summed E-state index contributed by atoms with van der Waals surface area (Å²) < 4.78 is 2.55. The van der Waals surface area contributed by atoms with E-state index >= 15 is 0 Å². The first kappa shape index (κ1) is 41.9. The van der Waals surface area contributed by atoms with Gasteiger partial charge < -0.3 is 9.47 Å². The van der Waals surface area contributed by atoms with Gasteiger partial charge in [0.2, 0.25) is 0 Å². The molecule has 1 aromatic heterocycles. The lowest BCUT2D eigenvalue weighted by atomic mass is 9.91. The molecule has 330 valence electrons. The maximum absolute atomic E-state index is 2.55. The second-order valence-electron chi connectivity index (χ2n) is 18.2. The molecule has 0 saturated heterocycles. The van der Waals surface area contributed by atoms with E-state index in [1.54, 1.807) is 0 Å². The number of aromatic nitrogens is 1. The van der Waals surface area contributed by atoms with E-state index in [2.05, 4.69) is 264 Å². The van der Waals surface area contributed by atoms with Crippen LogP contribution in [0.15, 0.2) is 266 Å². The number of nitrogens with zero attached hydrogens (tertiary/aromatic N) is 2. The number of benzene rings is 8. The van der Waals surface area contributed by atoms with Crippen molar-refractivity contribution < 1.29 is 0 Å². The molecule has 1 heterocycles. The van der Waals surface area contributed by atoms with Gasteiger partial charge in [0.15, 0.2) is 0 Å². The normalized spacial score (nSPS) is 14.7. The fraction of sp³-hybridized carbons (Fsp3) is 0.0746. The van der Waals surface area contributed by atoms with Gasteiger partial charge >= 0.3 is 0 Å². The predicted octanol–water partition coefficient (Wildman–Crippen LogP) is 17.4. The highest BCUT2D eigenvalue weighted by Gasteiger charge is 2.25. The van der Waals surface area contributed by atoms with Gasteiger partial charge in [0.05, 0.1) is 5.52 Å². The zero-order chi connectivity index (χ0) is 45.9. The van der Waals surface area contributed by atoms with Crippen LogP contribution in [0.25, 0.3) is 66.3 Å². The van der Waals surface area contributed by atoms with Crippen molar-refractivity contribution in [2.75, 3.05) is 4.90 Å². The number of anilines is 1. The Hall–Kier alpha value is -8.46. The van der Waals surface area contributed by atoms with E-state index in [0.717, 1.165) is 43.5 Å². The summed E-state index contributed by atoms with van der Waals surface area (Å²) in [5.41, 5.74) is 21.0. The van der Waals surface area contributed by atoms with E-state index in [0.29, 0.717) is 0 Å². The van der Waals surface area contributed by atoms with E-state index in [-0.39, 0.29) is 0 Å². The largest absolute Gasteiger partial charge is 0.314 e. The molecular weight excluding hydrogens is 833 g/mol. The molecule has 0 N–H and O–H groups in total. The van der Waals surface area contributed by atoms with Crippen LogP contribution in [0, 0.1) is 0 Å². The first-order valence-electron chi connectivity index (χ1n) is 24.4. The summed E-state index contributed by atoms with van der Waals surface area (Å²) in [6.45, 7) is 0. The van der Waals surface area contributed by atoms with Gasteiger partial charge in [-0.1, -0.05) is 194 Å². The highest BCUT2D eigenvalue weighted by atomic mass is 15.2. The van der Waals surface area contributed by atoms with Crippen LogP contribution in [0.3, 0.4) is 0 Å². The molecule has 2 heteroatoms. The molecule has 0 unspecified atom stereocenters. The van der Waals surface area contributed by atoms with Gasteiger partial charge in [0.1, 0.15) is 0 Å². The summed E-state index contributed by atoms with van der Waals surface area (Å²) in [7, 11) is 0. The minimum absolute atomic E-state index is 0.737. The third-order valence-electron chi connectivity index (χ3n) is 14.0.